The Hall–Kier alpha value is -0.610. The van der Waals surface area contributed by atoms with Crippen molar-refractivity contribution in [3.8, 4) is 0 Å². The standard InChI is InChI=1S/C19H27ClN2O/c20-15-4-1-3-14(11-15)19(7-8-19)13-22-17-6-2-5-16(17)18-12-23-10-9-21-18/h1,3-4,11,16-18,21-22H,2,5-10,12-13H2. The Labute approximate surface area is 144 Å². The van der Waals surface area contributed by atoms with E-state index in [4.69, 9.17) is 16.3 Å². The van der Waals surface area contributed by atoms with Crippen LogP contribution in [0, 0.1) is 5.92 Å². The number of rotatable bonds is 5. The fraction of sp³-hybridized carbons (Fsp3) is 0.684. The summed E-state index contributed by atoms with van der Waals surface area (Å²) >= 11 is 6.19. The van der Waals surface area contributed by atoms with Gasteiger partial charge < -0.3 is 15.4 Å². The number of hydrogen-bond acceptors (Lipinski definition) is 3. The molecule has 1 heterocycles. The first kappa shape index (κ1) is 15.9. The van der Waals surface area contributed by atoms with Crippen LogP contribution < -0.4 is 10.6 Å². The van der Waals surface area contributed by atoms with Gasteiger partial charge in [0, 0.05) is 35.6 Å². The Morgan fingerprint density at radius 3 is 2.96 bits per heavy atom. The molecule has 0 aromatic heterocycles. The molecule has 0 spiro atoms. The van der Waals surface area contributed by atoms with Crippen LogP contribution in [0.1, 0.15) is 37.7 Å². The Kier molecular flexibility index (Phi) is 4.64. The second-order valence-electron chi connectivity index (χ2n) is 7.51. The molecule has 1 saturated heterocycles. The lowest BCUT2D eigenvalue weighted by molar-refractivity contribution is 0.0524. The molecule has 3 aliphatic rings. The summed E-state index contributed by atoms with van der Waals surface area (Å²) in [4.78, 5) is 0. The molecule has 23 heavy (non-hydrogen) atoms. The average molecular weight is 335 g/mol. The largest absolute Gasteiger partial charge is 0.379 e. The van der Waals surface area contributed by atoms with Crippen molar-refractivity contribution in [2.24, 2.45) is 5.92 Å². The van der Waals surface area contributed by atoms with Gasteiger partial charge in [0.2, 0.25) is 0 Å². The van der Waals surface area contributed by atoms with Gasteiger partial charge >= 0.3 is 0 Å². The lowest BCUT2D eigenvalue weighted by Crippen LogP contribution is -2.51. The van der Waals surface area contributed by atoms with Gasteiger partial charge in [0.15, 0.2) is 0 Å². The minimum atomic E-state index is 0.328. The van der Waals surface area contributed by atoms with Crippen molar-refractivity contribution in [1.29, 1.82) is 0 Å². The molecular formula is C19H27ClN2O. The highest BCUT2D eigenvalue weighted by Gasteiger charge is 2.45. The summed E-state index contributed by atoms with van der Waals surface area (Å²) in [6.07, 6.45) is 6.52. The zero-order valence-electron chi connectivity index (χ0n) is 13.7. The molecule has 1 aromatic carbocycles. The number of hydrogen-bond donors (Lipinski definition) is 2. The van der Waals surface area contributed by atoms with Crippen molar-refractivity contribution in [2.45, 2.75) is 49.6 Å². The summed E-state index contributed by atoms with van der Waals surface area (Å²) in [7, 11) is 0. The molecule has 4 rings (SSSR count). The number of ether oxygens (including phenoxy) is 1. The van der Waals surface area contributed by atoms with Crippen molar-refractivity contribution in [3.63, 3.8) is 0 Å². The van der Waals surface area contributed by atoms with Crippen molar-refractivity contribution in [2.75, 3.05) is 26.3 Å². The van der Waals surface area contributed by atoms with Crippen molar-refractivity contribution in [1.82, 2.24) is 10.6 Å². The number of halogens is 1. The van der Waals surface area contributed by atoms with E-state index in [-0.39, 0.29) is 0 Å². The highest BCUT2D eigenvalue weighted by atomic mass is 35.5. The number of benzene rings is 1. The van der Waals surface area contributed by atoms with Gasteiger partial charge in [-0.05, 0) is 49.3 Å². The van der Waals surface area contributed by atoms with Crippen LogP contribution in [0.3, 0.4) is 0 Å². The highest BCUT2D eigenvalue weighted by molar-refractivity contribution is 6.30. The second kappa shape index (κ2) is 6.72. The quantitative estimate of drug-likeness (QED) is 0.868. The van der Waals surface area contributed by atoms with Gasteiger partial charge in [-0.25, -0.2) is 0 Å². The normalized spacial score (nSPS) is 32.8. The third kappa shape index (κ3) is 3.43. The number of morpholine rings is 1. The van der Waals surface area contributed by atoms with Crippen molar-refractivity contribution < 1.29 is 4.74 Å². The number of nitrogens with one attached hydrogen (secondary N) is 2. The molecule has 0 bridgehead atoms. The van der Waals surface area contributed by atoms with Gasteiger partial charge in [0.1, 0.15) is 0 Å². The van der Waals surface area contributed by atoms with Gasteiger partial charge in [-0.3, -0.25) is 0 Å². The fourth-order valence-electron chi connectivity index (χ4n) is 4.45. The molecule has 3 nitrogen and oxygen atoms in total. The Morgan fingerprint density at radius 2 is 2.22 bits per heavy atom. The van der Waals surface area contributed by atoms with E-state index in [0.29, 0.717) is 23.4 Å². The molecule has 0 radical (unpaired) electrons. The molecule has 3 unspecified atom stereocenters. The molecule has 1 aromatic rings. The van der Waals surface area contributed by atoms with Gasteiger partial charge in [-0.2, -0.15) is 0 Å². The van der Waals surface area contributed by atoms with Crippen LogP contribution in [0.4, 0.5) is 0 Å². The van der Waals surface area contributed by atoms with Crippen molar-refractivity contribution in [3.05, 3.63) is 34.9 Å². The molecule has 2 N–H and O–H groups in total. The summed E-state index contributed by atoms with van der Waals surface area (Å²) in [5, 5.41) is 8.43. The summed E-state index contributed by atoms with van der Waals surface area (Å²) in [6, 6.07) is 9.61. The van der Waals surface area contributed by atoms with Crippen LogP contribution in [0.5, 0.6) is 0 Å². The SMILES string of the molecule is Clc1cccc(C2(CNC3CCCC3C3COCCN3)CC2)c1. The molecule has 3 fully saturated rings. The molecule has 1 aliphatic heterocycles. The third-order valence-electron chi connectivity index (χ3n) is 6.03. The van der Waals surface area contributed by atoms with Crippen LogP contribution in [-0.2, 0) is 10.2 Å². The molecule has 2 saturated carbocycles. The first-order chi connectivity index (χ1) is 11.3. The van der Waals surface area contributed by atoms with Crippen LogP contribution in [-0.4, -0.2) is 38.4 Å². The minimum Gasteiger partial charge on any atom is -0.379 e. The van der Waals surface area contributed by atoms with E-state index in [9.17, 15) is 0 Å². The summed E-state index contributed by atoms with van der Waals surface area (Å²) in [6.45, 7) is 3.82. The Morgan fingerprint density at radius 1 is 1.30 bits per heavy atom. The van der Waals surface area contributed by atoms with Crippen LogP contribution in [0.25, 0.3) is 0 Å². The highest BCUT2D eigenvalue weighted by Crippen LogP contribution is 2.48. The van der Waals surface area contributed by atoms with Gasteiger partial charge in [0.05, 0.1) is 13.2 Å². The van der Waals surface area contributed by atoms with Gasteiger partial charge in [-0.15, -0.1) is 0 Å². The lowest BCUT2D eigenvalue weighted by atomic mass is 9.92. The summed E-state index contributed by atoms with van der Waals surface area (Å²) in [5.41, 5.74) is 1.74. The van der Waals surface area contributed by atoms with Crippen LogP contribution >= 0.6 is 11.6 Å². The molecule has 3 atom stereocenters. The van der Waals surface area contributed by atoms with Crippen LogP contribution in [0.2, 0.25) is 5.02 Å². The minimum absolute atomic E-state index is 0.328. The van der Waals surface area contributed by atoms with E-state index in [2.05, 4.69) is 28.8 Å². The second-order valence-corrected chi connectivity index (χ2v) is 7.94. The first-order valence-electron chi connectivity index (χ1n) is 9.07. The first-order valence-corrected chi connectivity index (χ1v) is 9.45. The zero-order chi connectivity index (χ0) is 15.7. The molecule has 0 amide bonds. The maximum Gasteiger partial charge on any atom is 0.0623 e. The molecule has 4 heteroatoms. The van der Waals surface area contributed by atoms with Crippen LogP contribution in [0.15, 0.2) is 24.3 Å². The summed E-state index contributed by atoms with van der Waals surface area (Å²) < 4.78 is 5.68. The monoisotopic (exact) mass is 334 g/mol. The molecule has 2 aliphatic carbocycles. The smallest absolute Gasteiger partial charge is 0.0623 e. The van der Waals surface area contributed by atoms with E-state index in [0.717, 1.165) is 31.3 Å². The topological polar surface area (TPSA) is 33.3 Å². The maximum atomic E-state index is 6.19. The van der Waals surface area contributed by atoms with E-state index in [1.807, 2.05) is 6.07 Å². The van der Waals surface area contributed by atoms with E-state index >= 15 is 0 Å². The maximum absolute atomic E-state index is 6.19. The summed E-state index contributed by atoms with van der Waals surface area (Å²) in [5.74, 6) is 0.713. The predicted molar refractivity (Wildman–Crippen MR) is 94.1 cm³/mol. The lowest BCUT2D eigenvalue weighted by Gasteiger charge is -2.33. The van der Waals surface area contributed by atoms with Gasteiger partial charge in [-0.1, -0.05) is 30.2 Å². The van der Waals surface area contributed by atoms with E-state index in [1.54, 1.807) is 0 Å². The predicted octanol–water partition coefficient (Wildman–Crippen LogP) is 3.12. The van der Waals surface area contributed by atoms with Crippen molar-refractivity contribution >= 4 is 11.6 Å². The van der Waals surface area contributed by atoms with Gasteiger partial charge in [0.25, 0.3) is 0 Å². The fourth-order valence-corrected chi connectivity index (χ4v) is 4.64. The molecule has 126 valence electrons. The zero-order valence-corrected chi connectivity index (χ0v) is 14.4. The molecular weight excluding hydrogens is 308 g/mol. The Balaban J connectivity index is 1.38. The Bertz CT molecular complexity index is 540. The van der Waals surface area contributed by atoms with E-state index < -0.39 is 0 Å². The average Bonchev–Trinajstić information content (AvgIpc) is 3.24. The third-order valence-corrected chi connectivity index (χ3v) is 6.26. The van der Waals surface area contributed by atoms with E-state index in [1.165, 1.54) is 37.7 Å².